The van der Waals surface area contributed by atoms with E-state index in [1.54, 1.807) is 25.1 Å². The molecule has 0 saturated carbocycles. The molecule has 0 aliphatic rings. The van der Waals surface area contributed by atoms with Gasteiger partial charge >= 0.3 is 5.97 Å². The number of hydrogen-bond donors (Lipinski definition) is 1. The van der Waals surface area contributed by atoms with Crippen molar-refractivity contribution >= 4 is 21.9 Å². The number of benzene rings is 2. The van der Waals surface area contributed by atoms with E-state index in [0.717, 1.165) is 10.4 Å². The van der Waals surface area contributed by atoms with E-state index in [0.29, 0.717) is 11.1 Å². The molecule has 2 rings (SSSR count). The molecule has 1 amide bonds. The van der Waals surface area contributed by atoms with Gasteiger partial charge in [0, 0.05) is 20.6 Å². The fraction of sp³-hybridized carbons (Fsp3) is 0.263. The number of sulfonamides is 1. The van der Waals surface area contributed by atoms with E-state index in [2.05, 4.69) is 5.32 Å². The van der Waals surface area contributed by atoms with E-state index >= 15 is 0 Å². The molecule has 0 spiro atoms. The lowest BCUT2D eigenvalue weighted by molar-refractivity contribution is -0.124. The highest BCUT2D eigenvalue weighted by Crippen LogP contribution is 2.18. The van der Waals surface area contributed by atoms with Crippen molar-refractivity contribution in [3.8, 4) is 0 Å². The Labute approximate surface area is 163 Å². The molecule has 0 saturated heterocycles. The first-order chi connectivity index (χ1) is 13.1. The van der Waals surface area contributed by atoms with Crippen molar-refractivity contribution in [2.75, 3.05) is 20.7 Å². The third-order valence-corrected chi connectivity index (χ3v) is 5.86. The molecule has 1 N–H and O–H groups in total. The summed E-state index contributed by atoms with van der Waals surface area (Å²) in [5, 5.41) is 2.50. The quantitative estimate of drug-likeness (QED) is 0.706. The van der Waals surface area contributed by atoms with Crippen LogP contribution in [0.1, 0.15) is 21.5 Å². The molecular weight excluding hydrogens is 387 g/mol. The van der Waals surface area contributed by atoms with Crippen LogP contribution < -0.4 is 5.32 Å². The molecule has 9 heteroatoms. The Balaban J connectivity index is 1.96. The predicted molar refractivity (Wildman–Crippen MR) is 101 cm³/mol. The monoisotopic (exact) mass is 408 g/mol. The Morgan fingerprint density at radius 3 is 2.46 bits per heavy atom. The van der Waals surface area contributed by atoms with Gasteiger partial charge in [-0.1, -0.05) is 24.3 Å². The number of esters is 1. The summed E-state index contributed by atoms with van der Waals surface area (Å²) in [6.07, 6.45) is 0. The van der Waals surface area contributed by atoms with Gasteiger partial charge in [-0.2, -0.15) is 0 Å². The summed E-state index contributed by atoms with van der Waals surface area (Å²) in [4.78, 5) is 23.9. The molecule has 7 nitrogen and oxygen atoms in total. The molecule has 28 heavy (non-hydrogen) atoms. The average Bonchev–Trinajstić information content (AvgIpc) is 2.66. The van der Waals surface area contributed by atoms with Crippen LogP contribution in [0.5, 0.6) is 0 Å². The molecule has 0 aliphatic carbocycles. The molecule has 0 bridgehead atoms. The minimum absolute atomic E-state index is 0.00155. The minimum atomic E-state index is -3.66. The van der Waals surface area contributed by atoms with Gasteiger partial charge in [0.25, 0.3) is 5.91 Å². The molecule has 2 aromatic rings. The van der Waals surface area contributed by atoms with Crippen LogP contribution >= 0.6 is 0 Å². The third-order valence-electron chi connectivity index (χ3n) is 3.95. The normalized spacial score (nSPS) is 11.3. The Morgan fingerprint density at radius 2 is 1.82 bits per heavy atom. The van der Waals surface area contributed by atoms with Crippen molar-refractivity contribution in [3.05, 3.63) is 65.0 Å². The first-order valence-corrected chi connectivity index (χ1v) is 9.77. The molecule has 2 aromatic carbocycles. The van der Waals surface area contributed by atoms with Crippen molar-refractivity contribution in [3.63, 3.8) is 0 Å². The van der Waals surface area contributed by atoms with Crippen molar-refractivity contribution in [1.82, 2.24) is 9.62 Å². The Hall–Kier alpha value is -2.78. The first-order valence-electron chi connectivity index (χ1n) is 8.33. The highest BCUT2D eigenvalue weighted by Gasteiger charge is 2.21. The number of rotatable bonds is 7. The number of carbonyl (C=O) groups excluding carboxylic acids is 2. The first kappa shape index (κ1) is 21.5. The maximum absolute atomic E-state index is 13.5. The molecule has 0 atom stereocenters. The van der Waals surface area contributed by atoms with Gasteiger partial charge in [-0.25, -0.2) is 21.9 Å². The number of nitrogens with one attached hydrogen (secondary N) is 1. The lowest BCUT2D eigenvalue weighted by Gasteiger charge is -2.15. The molecule has 0 unspecified atom stereocenters. The highest BCUT2D eigenvalue weighted by atomic mass is 32.2. The zero-order chi connectivity index (χ0) is 20.9. The van der Waals surface area contributed by atoms with Crippen molar-refractivity contribution in [2.24, 2.45) is 0 Å². The SMILES string of the molecule is Cc1ccc(C(=O)OCC(=O)NCc2ccccc2S(=O)(=O)N(C)C)cc1F. The maximum atomic E-state index is 13.5. The maximum Gasteiger partial charge on any atom is 0.338 e. The van der Waals surface area contributed by atoms with Crippen LogP contribution in [0.3, 0.4) is 0 Å². The van der Waals surface area contributed by atoms with E-state index in [4.69, 9.17) is 4.74 Å². The van der Waals surface area contributed by atoms with Gasteiger partial charge in [0.2, 0.25) is 10.0 Å². The van der Waals surface area contributed by atoms with E-state index in [-0.39, 0.29) is 17.0 Å². The number of halogens is 1. The van der Waals surface area contributed by atoms with E-state index in [1.807, 2.05) is 0 Å². The van der Waals surface area contributed by atoms with Gasteiger partial charge < -0.3 is 10.1 Å². The van der Waals surface area contributed by atoms with Gasteiger partial charge in [0.15, 0.2) is 6.61 Å². The summed E-state index contributed by atoms with van der Waals surface area (Å²) >= 11 is 0. The van der Waals surface area contributed by atoms with Crippen LogP contribution in [-0.4, -0.2) is 45.3 Å². The summed E-state index contributed by atoms with van der Waals surface area (Å²) in [6, 6.07) is 10.2. The van der Waals surface area contributed by atoms with Gasteiger partial charge in [0.05, 0.1) is 10.5 Å². The molecule has 150 valence electrons. The van der Waals surface area contributed by atoms with Crippen LogP contribution in [0.2, 0.25) is 0 Å². The summed E-state index contributed by atoms with van der Waals surface area (Å²) in [7, 11) is -0.834. The standard InChI is InChI=1S/C19H21FN2O5S/c1-13-8-9-14(10-16(13)20)19(24)27-12-18(23)21-11-15-6-4-5-7-17(15)28(25,26)22(2)3/h4-10H,11-12H2,1-3H3,(H,21,23). The van der Waals surface area contributed by atoms with Crippen LogP contribution in [0.25, 0.3) is 0 Å². The zero-order valence-electron chi connectivity index (χ0n) is 15.7. The smallest absolute Gasteiger partial charge is 0.338 e. The fourth-order valence-electron chi connectivity index (χ4n) is 2.28. The number of aryl methyl sites for hydroxylation is 1. The van der Waals surface area contributed by atoms with Gasteiger partial charge in [-0.05, 0) is 36.2 Å². The molecule has 0 aliphatic heterocycles. The summed E-state index contributed by atoms with van der Waals surface area (Å²) in [6.45, 7) is 0.932. The van der Waals surface area contributed by atoms with E-state index in [9.17, 15) is 22.4 Å². The van der Waals surface area contributed by atoms with Crippen LogP contribution in [0, 0.1) is 12.7 Å². The van der Waals surface area contributed by atoms with Gasteiger partial charge in [0.1, 0.15) is 5.82 Å². The highest BCUT2D eigenvalue weighted by molar-refractivity contribution is 7.89. The third kappa shape index (κ3) is 5.14. The van der Waals surface area contributed by atoms with Crippen molar-refractivity contribution in [2.45, 2.75) is 18.4 Å². The Kier molecular flexibility index (Phi) is 6.87. The largest absolute Gasteiger partial charge is 0.452 e. The molecule has 0 aromatic heterocycles. The minimum Gasteiger partial charge on any atom is -0.452 e. The lowest BCUT2D eigenvalue weighted by atomic mass is 10.1. The van der Waals surface area contributed by atoms with Crippen LogP contribution in [0.4, 0.5) is 4.39 Å². The number of carbonyl (C=O) groups is 2. The number of nitrogens with zero attached hydrogens (tertiary/aromatic N) is 1. The van der Waals surface area contributed by atoms with Crippen LogP contribution in [-0.2, 0) is 26.1 Å². The van der Waals surface area contributed by atoms with E-state index in [1.165, 1.54) is 32.3 Å². The summed E-state index contributed by atoms with van der Waals surface area (Å²) < 4.78 is 44.1. The van der Waals surface area contributed by atoms with Crippen LogP contribution in [0.15, 0.2) is 47.4 Å². The second-order valence-electron chi connectivity index (χ2n) is 6.21. The number of amides is 1. The van der Waals surface area contributed by atoms with Crippen molar-refractivity contribution < 1.29 is 27.1 Å². The Morgan fingerprint density at radius 1 is 1.14 bits per heavy atom. The van der Waals surface area contributed by atoms with Crippen molar-refractivity contribution in [1.29, 1.82) is 0 Å². The molecule has 0 radical (unpaired) electrons. The second-order valence-corrected chi connectivity index (χ2v) is 8.33. The lowest BCUT2D eigenvalue weighted by Crippen LogP contribution is -2.30. The number of hydrogen-bond acceptors (Lipinski definition) is 5. The molecular formula is C19H21FN2O5S. The predicted octanol–water partition coefficient (Wildman–Crippen LogP) is 1.86. The molecule has 0 heterocycles. The summed E-state index contributed by atoms with van der Waals surface area (Å²) in [5.74, 6) is -1.99. The summed E-state index contributed by atoms with van der Waals surface area (Å²) in [5.41, 5.74) is 0.787. The Bertz CT molecular complexity index is 990. The number of ether oxygens (including phenoxy) is 1. The van der Waals surface area contributed by atoms with Gasteiger partial charge in [-0.3, -0.25) is 4.79 Å². The zero-order valence-corrected chi connectivity index (χ0v) is 16.5. The second kappa shape index (κ2) is 8.94. The average molecular weight is 408 g/mol. The van der Waals surface area contributed by atoms with Gasteiger partial charge in [-0.15, -0.1) is 0 Å². The topological polar surface area (TPSA) is 92.8 Å². The van der Waals surface area contributed by atoms with E-state index < -0.39 is 34.3 Å². The molecule has 0 fully saturated rings. The fourth-order valence-corrected chi connectivity index (χ4v) is 3.39.